The zero-order chi connectivity index (χ0) is 11.3. The lowest BCUT2D eigenvalue weighted by atomic mass is 9.53. The van der Waals surface area contributed by atoms with Crippen molar-refractivity contribution in [3.8, 4) is 0 Å². The van der Waals surface area contributed by atoms with Crippen molar-refractivity contribution in [3.63, 3.8) is 0 Å². The van der Waals surface area contributed by atoms with Gasteiger partial charge in [-0.15, -0.1) is 0 Å². The SMILES string of the molecule is CC1C(=O)CC=C2C(C)(C)CCCC21C. The van der Waals surface area contributed by atoms with Crippen LogP contribution in [-0.4, -0.2) is 5.78 Å². The molecule has 1 fully saturated rings. The van der Waals surface area contributed by atoms with Crippen molar-refractivity contribution in [2.75, 3.05) is 0 Å². The fraction of sp³-hybridized carbons (Fsp3) is 0.786. The van der Waals surface area contributed by atoms with E-state index < -0.39 is 0 Å². The van der Waals surface area contributed by atoms with Crippen LogP contribution in [0.3, 0.4) is 0 Å². The molecule has 84 valence electrons. The summed E-state index contributed by atoms with van der Waals surface area (Å²) < 4.78 is 0. The zero-order valence-electron chi connectivity index (χ0n) is 10.4. The van der Waals surface area contributed by atoms with Gasteiger partial charge in [-0.1, -0.05) is 45.8 Å². The van der Waals surface area contributed by atoms with E-state index in [9.17, 15) is 4.79 Å². The molecule has 0 N–H and O–H groups in total. The number of hydrogen-bond acceptors (Lipinski definition) is 1. The van der Waals surface area contributed by atoms with Crippen molar-refractivity contribution >= 4 is 5.78 Å². The summed E-state index contributed by atoms with van der Waals surface area (Å²) in [6.45, 7) is 9.08. The first-order chi connectivity index (χ1) is 6.88. The van der Waals surface area contributed by atoms with E-state index >= 15 is 0 Å². The first kappa shape index (κ1) is 10.9. The lowest BCUT2D eigenvalue weighted by molar-refractivity contribution is -0.126. The molecule has 2 unspecified atom stereocenters. The molecule has 0 spiro atoms. The number of carbonyl (C=O) groups is 1. The van der Waals surface area contributed by atoms with Crippen LogP contribution in [0.25, 0.3) is 0 Å². The van der Waals surface area contributed by atoms with Gasteiger partial charge in [-0.05, 0) is 23.7 Å². The molecule has 15 heavy (non-hydrogen) atoms. The highest BCUT2D eigenvalue weighted by molar-refractivity contribution is 5.85. The van der Waals surface area contributed by atoms with Crippen molar-refractivity contribution in [2.24, 2.45) is 16.7 Å². The van der Waals surface area contributed by atoms with Crippen LogP contribution in [0.15, 0.2) is 11.6 Å². The number of rotatable bonds is 0. The van der Waals surface area contributed by atoms with E-state index in [1.807, 2.05) is 0 Å². The van der Waals surface area contributed by atoms with E-state index in [4.69, 9.17) is 0 Å². The highest BCUT2D eigenvalue weighted by atomic mass is 16.1. The largest absolute Gasteiger partial charge is 0.299 e. The predicted octanol–water partition coefficient (Wildman–Crippen LogP) is 3.74. The smallest absolute Gasteiger partial charge is 0.140 e. The van der Waals surface area contributed by atoms with Gasteiger partial charge in [-0.3, -0.25) is 4.79 Å². The number of ketones is 1. The maximum atomic E-state index is 11.8. The molecule has 0 amide bonds. The van der Waals surface area contributed by atoms with Gasteiger partial charge in [0.15, 0.2) is 0 Å². The zero-order valence-corrected chi connectivity index (χ0v) is 10.4. The van der Waals surface area contributed by atoms with Gasteiger partial charge in [0.2, 0.25) is 0 Å². The summed E-state index contributed by atoms with van der Waals surface area (Å²) in [6, 6.07) is 0. The van der Waals surface area contributed by atoms with Crippen LogP contribution < -0.4 is 0 Å². The Labute approximate surface area is 92.9 Å². The van der Waals surface area contributed by atoms with E-state index in [2.05, 4.69) is 33.8 Å². The molecule has 0 aromatic carbocycles. The van der Waals surface area contributed by atoms with Crippen LogP contribution in [0, 0.1) is 16.7 Å². The van der Waals surface area contributed by atoms with Crippen molar-refractivity contribution < 1.29 is 4.79 Å². The third-order valence-electron chi connectivity index (χ3n) is 4.79. The first-order valence-corrected chi connectivity index (χ1v) is 6.12. The first-order valence-electron chi connectivity index (χ1n) is 6.12. The van der Waals surface area contributed by atoms with Crippen LogP contribution >= 0.6 is 0 Å². The van der Waals surface area contributed by atoms with Crippen molar-refractivity contribution in [3.05, 3.63) is 11.6 Å². The van der Waals surface area contributed by atoms with Crippen LogP contribution in [-0.2, 0) is 4.79 Å². The molecular formula is C14H22O. The molecule has 0 aromatic heterocycles. The molecule has 2 rings (SSSR count). The highest BCUT2D eigenvalue weighted by Crippen LogP contribution is 2.56. The van der Waals surface area contributed by atoms with Crippen molar-refractivity contribution in [1.82, 2.24) is 0 Å². The van der Waals surface area contributed by atoms with E-state index in [-0.39, 0.29) is 11.3 Å². The summed E-state index contributed by atoms with van der Waals surface area (Å²) in [6.07, 6.45) is 6.61. The minimum atomic E-state index is 0.150. The second-order valence-corrected chi connectivity index (χ2v) is 6.16. The lowest BCUT2D eigenvalue weighted by Gasteiger charge is -2.50. The normalized spacial score (nSPS) is 39.6. The van der Waals surface area contributed by atoms with Gasteiger partial charge in [0.05, 0.1) is 0 Å². The Balaban J connectivity index is 2.47. The number of hydrogen-bond donors (Lipinski definition) is 0. The fourth-order valence-corrected chi connectivity index (χ4v) is 3.63. The summed E-state index contributed by atoms with van der Waals surface area (Å²) >= 11 is 0. The maximum Gasteiger partial charge on any atom is 0.140 e. The Morgan fingerprint density at radius 1 is 1.27 bits per heavy atom. The van der Waals surface area contributed by atoms with E-state index in [0.29, 0.717) is 17.6 Å². The minimum absolute atomic E-state index is 0.150. The maximum absolute atomic E-state index is 11.8. The predicted molar refractivity (Wildman–Crippen MR) is 62.6 cm³/mol. The van der Waals surface area contributed by atoms with E-state index in [1.54, 1.807) is 5.57 Å². The van der Waals surface area contributed by atoms with Gasteiger partial charge in [-0.2, -0.15) is 0 Å². The van der Waals surface area contributed by atoms with Gasteiger partial charge >= 0.3 is 0 Å². The second kappa shape index (κ2) is 3.20. The molecule has 2 aliphatic carbocycles. The van der Waals surface area contributed by atoms with E-state index in [0.717, 1.165) is 0 Å². The Morgan fingerprint density at radius 3 is 2.60 bits per heavy atom. The second-order valence-electron chi connectivity index (χ2n) is 6.16. The Bertz CT molecular complexity index is 324. The summed E-state index contributed by atoms with van der Waals surface area (Å²) in [5.74, 6) is 0.649. The van der Waals surface area contributed by atoms with Gasteiger partial charge in [0.25, 0.3) is 0 Å². The van der Waals surface area contributed by atoms with Crippen LogP contribution in [0.5, 0.6) is 0 Å². The lowest BCUT2D eigenvalue weighted by Crippen LogP contribution is -2.44. The summed E-state index contributed by atoms with van der Waals surface area (Å²) in [4.78, 5) is 11.8. The standard InChI is InChI=1S/C14H22O/c1-10-11(15)6-7-12-13(2,3)8-5-9-14(10,12)4/h7,10H,5-6,8-9H2,1-4H3. The quantitative estimate of drug-likeness (QED) is 0.552. The summed E-state index contributed by atoms with van der Waals surface area (Å²) in [5, 5.41) is 0. The van der Waals surface area contributed by atoms with Gasteiger partial charge in [0.1, 0.15) is 5.78 Å². The van der Waals surface area contributed by atoms with Gasteiger partial charge in [0, 0.05) is 12.3 Å². The molecule has 0 aromatic rings. The van der Waals surface area contributed by atoms with Crippen LogP contribution in [0.2, 0.25) is 0 Å². The molecule has 1 heteroatoms. The number of allylic oxidation sites excluding steroid dienone is 2. The Morgan fingerprint density at radius 2 is 1.93 bits per heavy atom. The number of fused-ring (bicyclic) bond motifs is 1. The van der Waals surface area contributed by atoms with E-state index in [1.165, 1.54) is 19.3 Å². The molecule has 0 bridgehead atoms. The third-order valence-corrected chi connectivity index (χ3v) is 4.79. The monoisotopic (exact) mass is 206 g/mol. The molecule has 0 aliphatic heterocycles. The van der Waals surface area contributed by atoms with Crippen LogP contribution in [0.1, 0.15) is 53.4 Å². The Hall–Kier alpha value is -0.590. The molecular weight excluding hydrogens is 184 g/mol. The van der Waals surface area contributed by atoms with Crippen molar-refractivity contribution in [2.45, 2.75) is 53.4 Å². The average Bonchev–Trinajstić information content (AvgIpc) is 2.12. The molecule has 1 saturated carbocycles. The highest BCUT2D eigenvalue weighted by Gasteiger charge is 2.48. The summed E-state index contributed by atoms with van der Waals surface area (Å²) in [7, 11) is 0. The molecule has 2 aliphatic rings. The molecule has 0 saturated heterocycles. The minimum Gasteiger partial charge on any atom is -0.299 e. The van der Waals surface area contributed by atoms with Crippen molar-refractivity contribution in [1.29, 1.82) is 0 Å². The Kier molecular flexibility index (Phi) is 2.33. The molecule has 0 heterocycles. The summed E-state index contributed by atoms with van der Waals surface area (Å²) in [5.41, 5.74) is 2.01. The number of carbonyl (C=O) groups excluding carboxylic acids is 1. The molecule has 2 atom stereocenters. The third kappa shape index (κ3) is 1.47. The fourth-order valence-electron chi connectivity index (χ4n) is 3.63. The molecule has 0 radical (unpaired) electrons. The van der Waals surface area contributed by atoms with Crippen LogP contribution in [0.4, 0.5) is 0 Å². The molecule has 1 nitrogen and oxygen atoms in total. The number of Topliss-reactive ketones (excluding diaryl/α,β-unsaturated/α-hetero) is 1. The van der Waals surface area contributed by atoms with Gasteiger partial charge in [-0.25, -0.2) is 0 Å². The average molecular weight is 206 g/mol. The van der Waals surface area contributed by atoms with Gasteiger partial charge < -0.3 is 0 Å². The topological polar surface area (TPSA) is 17.1 Å².